The van der Waals surface area contributed by atoms with Crippen LogP contribution in [0.15, 0.2) is 75.9 Å². The number of halogens is 1. The highest BCUT2D eigenvalue weighted by Gasteiger charge is 2.31. The van der Waals surface area contributed by atoms with Crippen molar-refractivity contribution in [1.82, 2.24) is 4.90 Å². The fourth-order valence-electron chi connectivity index (χ4n) is 5.06. The van der Waals surface area contributed by atoms with Gasteiger partial charge in [0.05, 0.1) is 0 Å². The zero-order valence-corrected chi connectivity index (χ0v) is 27.8. The first-order chi connectivity index (χ1) is 19.5. The van der Waals surface area contributed by atoms with Gasteiger partial charge in [0.15, 0.2) is 0 Å². The van der Waals surface area contributed by atoms with Gasteiger partial charge in [0.1, 0.15) is 11.4 Å². The van der Waals surface area contributed by atoms with Crippen LogP contribution in [0.25, 0.3) is 6.08 Å². The summed E-state index contributed by atoms with van der Waals surface area (Å²) < 4.78 is 19.7. The minimum Gasteiger partial charge on any atom is -0.444 e. The Morgan fingerprint density at radius 3 is 2.33 bits per heavy atom. The molecule has 0 heterocycles. The fourth-order valence-corrected chi connectivity index (χ4v) is 5.06. The monoisotopic (exact) mass is 576 g/mol. The molecular weight excluding hydrogens is 523 g/mol. The third-order valence-electron chi connectivity index (χ3n) is 7.18. The number of nitrogens with zero attached hydrogens (tertiary/aromatic N) is 2. The Morgan fingerprint density at radius 2 is 1.81 bits per heavy atom. The molecule has 0 spiro atoms. The van der Waals surface area contributed by atoms with Crippen LogP contribution in [0, 0.1) is 24.6 Å². The molecule has 1 amide bonds. The highest BCUT2D eigenvalue weighted by molar-refractivity contribution is 6.04. The highest BCUT2D eigenvalue weighted by atomic mass is 19.1. The second-order valence-corrected chi connectivity index (χ2v) is 13.1. The summed E-state index contributed by atoms with van der Waals surface area (Å²) in [4.78, 5) is 19.3. The number of rotatable bonds is 13. The molecule has 0 radical (unpaired) electrons. The number of carbonyl (C=O) groups is 1. The second kappa shape index (κ2) is 15.3. The molecule has 230 valence electrons. The first kappa shape index (κ1) is 35.0. The third-order valence-corrected chi connectivity index (χ3v) is 7.18. The highest BCUT2D eigenvalue weighted by Crippen LogP contribution is 2.44. The summed E-state index contributed by atoms with van der Waals surface area (Å²) in [5, 5.41) is 0. The Hall–Kier alpha value is -3.21. The molecule has 0 saturated heterocycles. The lowest BCUT2D eigenvalue weighted by Crippen LogP contribution is -2.39. The van der Waals surface area contributed by atoms with Crippen molar-refractivity contribution in [3.8, 4) is 0 Å². The predicted molar refractivity (Wildman–Crippen MR) is 177 cm³/mol. The molecule has 2 rings (SSSR count). The lowest BCUT2D eigenvalue weighted by atomic mass is 9.84. The van der Waals surface area contributed by atoms with Gasteiger partial charge in [-0.15, -0.1) is 0 Å². The van der Waals surface area contributed by atoms with Crippen molar-refractivity contribution < 1.29 is 13.9 Å². The van der Waals surface area contributed by atoms with Gasteiger partial charge in [-0.2, -0.15) is 0 Å². The van der Waals surface area contributed by atoms with Crippen molar-refractivity contribution in [3.63, 3.8) is 0 Å². The number of hydrogen-bond donors (Lipinski definition) is 0. The van der Waals surface area contributed by atoms with Gasteiger partial charge in [-0.05, 0) is 126 Å². The number of benzene rings is 1. The van der Waals surface area contributed by atoms with Gasteiger partial charge in [0.2, 0.25) is 0 Å². The Bertz CT molecular complexity index is 1280. The van der Waals surface area contributed by atoms with Gasteiger partial charge in [-0.1, -0.05) is 56.4 Å². The van der Waals surface area contributed by atoms with Crippen LogP contribution in [0.3, 0.4) is 0 Å². The van der Waals surface area contributed by atoms with Crippen LogP contribution in [0.2, 0.25) is 0 Å². The lowest BCUT2D eigenvalue weighted by Gasteiger charge is -2.29. The fraction of sp³-hybridized carbons (Fsp3) is 0.514. The maximum atomic E-state index is 14.0. The van der Waals surface area contributed by atoms with E-state index in [2.05, 4.69) is 45.0 Å². The number of aryl methyl sites for hydroxylation is 1. The molecule has 0 aliphatic heterocycles. The minimum atomic E-state index is -0.539. The summed E-state index contributed by atoms with van der Waals surface area (Å²) in [5.41, 5.74) is 8.67. The van der Waals surface area contributed by atoms with Gasteiger partial charge in [0.25, 0.3) is 0 Å². The Balaban J connectivity index is 2.45. The zero-order valence-electron chi connectivity index (χ0n) is 27.8. The summed E-state index contributed by atoms with van der Waals surface area (Å²) in [7, 11) is 1.82. The van der Waals surface area contributed by atoms with Crippen LogP contribution >= 0.6 is 0 Å². The van der Waals surface area contributed by atoms with Crippen LogP contribution in [0.4, 0.5) is 9.18 Å². The molecule has 1 saturated carbocycles. The van der Waals surface area contributed by atoms with Crippen molar-refractivity contribution in [3.05, 3.63) is 87.8 Å². The minimum absolute atomic E-state index is 0.236. The van der Waals surface area contributed by atoms with Crippen molar-refractivity contribution in [2.24, 2.45) is 16.8 Å². The topological polar surface area (TPSA) is 41.9 Å². The molecule has 0 unspecified atom stereocenters. The van der Waals surface area contributed by atoms with E-state index in [1.165, 1.54) is 11.6 Å². The molecule has 5 heteroatoms. The summed E-state index contributed by atoms with van der Waals surface area (Å²) in [6.45, 7) is 28.1. The molecule has 1 aliphatic carbocycles. The average molecular weight is 577 g/mol. The molecule has 0 N–H and O–H groups in total. The molecule has 0 atom stereocenters. The molecule has 42 heavy (non-hydrogen) atoms. The zero-order chi connectivity index (χ0) is 31.8. The maximum Gasteiger partial charge on any atom is 0.410 e. The Kier molecular flexibility index (Phi) is 12.8. The van der Waals surface area contributed by atoms with E-state index < -0.39 is 5.60 Å². The van der Waals surface area contributed by atoms with Gasteiger partial charge in [-0.3, -0.25) is 4.99 Å². The maximum absolute atomic E-state index is 14.0. The molecule has 1 aromatic rings. The predicted octanol–water partition coefficient (Wildman–Crippen LogP) is 10.1. The van der Waals surface area contributed by atoms with Gasteiger partial charge < -0.3 is 9.64 Å². The van der Waals surface area contributed by atoms with Crippen molar-refractivity contribution in [2.75, 3.05) is 20.1 Å². The van der Waals surface area contributed by atoms with E-state index in [9.17, 15) is 9.18 Å². The molecule has 0 bridgehead atoms. The smallest absolute Gasteiger partial charge is 0.410 e. The van der Waals surface area contributed by atoms with E-state index in [1.807, 2.05) is 65.6 Å². The molecular formula is C37H53FN2O2. The van der Waals surface area contributed by atoms with Gasteiger partial charge in [0, 0.05) is 31.4 Å². The van der Waals surface area contributed by atoms with Crippen LogP contribution < -0.4 is 0 Å². The van der Waals surface area contributed by atoms with Crippen LogP contribution in [0.5, 0.6) is 0 Å². The summed E-state index contributed by atoms with van der Waals surface area (Å²) in [5.74, 6) is 0.532. The van der Waals surface area contributed by atoms with E-state index >= 15 is 0 Å². The van der Waals surface area contributed by atoms with E-state index in [1.54, 1.807) is 6.07 Å². The molecule has 1 aromatic carbocycles. The number of aliphatic imine (C=N–C) groups is 1. The summed E-state index contributed by atoms with van der Waals surface area (Å²) in [6, 6.07) is 4.89. The molecule has 1 fully saturated rings. The SMILES string of the molecule is C=C(C)/C(C(=C)CCCN(CC(C)C)C(=O)OC(C)(C)C)=C(C(=C\C(C)=C/c1cc(F)ccc1C)/C1CC1)\C(C)=N/C. The van der Waals surface area contributed by atoms with Crippen molar-refractivity contribution in [1.29, 1.82) is 0 Å². The van der Waals surface area contributed by atoms with Crippen LogP contribution in [-0.4, -0.2) is 42.4 Å². The number of allylic oxidation sites excluding steroid dienone is 7. The number of ether oxygens (including phenoxy) is 1. The molecule has 0 aromatic heterocycles. The quantitative estimate of drug-likeness (QED) is 0.173. The van der Waals surface area contributed by atoms with Crippen LogP contribution in [-0.2, 0) is 4.74 Å². The first-order valence-corrected chi connectivity index (χ1v) is 15.2. The largest absolute Gasteiger partial charge is 0.444 e. The van der Waals surface area contributed by atoms with Crippen LogP contribution in [0.1, 0.15) is 92.2 Å². The molecule has 1 aliphatic rings. The third kappa shape index (κ3) is 10.9. The normalized spacial score (nSPS) is 15.5. The first-order valence-electron chi connectivity index (χ1n) is 15.2. The Labute approximate surface area is 254 Å². The number of amides is 1. The van der Waals surface area contributed by atoms with E-state index in [0.717, 1.165) is 70.4 Å². The van der Waals surface area contributed by atoms with Crippen molar-refractivity contribution in [2.45, 2.75) is 93.6 Å². The van der Waals surface area contributed by atoms with E-state index in [0.29, 0.717) is 24.9 Å². The van der Waals surface area contributed by atoms with Crippen molar-refractivity contribution >= 4 is 17.9 Å². The second-order valence-electron chi connectivity index (χ2n) is 13.1. The number of carbonyl (C=O) groups excluding carboxylic acids is 1. The lowest BCUT2D eigenvalue weighted by molar-refractivity contribution is 0.0226. The summed E-state index contributed by atoms with van der Waals surface area (Å²) in [6.07, 6.45) is 7.72. The Morgan fingerprint density at radius 1 is 1.17 bits per heavy atom. The van der Waals surface area contributed by atoms with Gasteiger partial charge in [-0.25, -0.2) is 9.18 Å². The standard InChI is InChI=1S/C37H53FN2O2/c1-24(2)23-40(36(41)42-37(9,10)11)19-13-14-28(7)34(25(3)4)35(29(8)39-12)33(30-16-17-30)21-26(5)20-31-22-32(38)18-15-27(31)6/h15,18,20-22,24,30H,3,7,13-14,16-17,19,23H2,1-2,4-6,8-12H3/b26-20-,33-21-,35-34-,39-29-. The molecule has 4 nitrogen and oxygen atoms in total. The van der Waals surface area contributed by atoms with Gasteiger partial charge >= 0.3 is 6.09 Å². The van der Waals surface area contributed by atoms with E-state index in [-0.39, 0.29) is 11.9 Å². The summed E-state index contributed by atoms with van der Waals surface area (Å²) >= 11 is 0. The van der Waals surface area contributed by atoms with E-state index in [4.69, 9.17) is 4.74 Å². The average Bonchev–Trinajstić information content (AvgIpc) is 3.71. The number of hydrogen-bond acceptors (Lipinski definition) is 3.